The van der Waals surface area contributed by atoms with Gasteiger partial charge in [-0.2, -0.15) is 20.5 Å². The molecular formula is C20H15FN2O5S2. The first-order valence-electron chi connectivity index (χ1n) is 8.69. The minimum absolute atomic E-state index is 0.139. The van der Waals surface area contributed by atoms with E-state index in [0.717, 1.165) is 6.07 Å². The van der Waals surface area contributed by atoms with E-state index in [0.29, 0.717) is 9.27 Å². The lowest BCUT2D eigenvalue weighted by atomic mass is 10.1. The minimum Gasteiger partial charge on any atom is -0.322 e. The Balaban J connectivity index is 1.72. The molecule has 1 N–H and O–H groups in total. The van der Waals surface area contributed by atoms with E-state index in [9.17, 15) is 26.0 Å². The number of aryl methyl sites for hydroxylation is 1. The third-order valence-corrected chi connectivity index (χ3v) is 9.01. The first-order chi connectivity index (χ1) is 14.1. The van der Waals surface area contributed by atoms with Gasteiger partial charge < -0.3 is 5.32 Å². The predicted octanol–water partition coefficient (Wildman–Crippen LogP) is 3.28. The van der Waals surface area contributed by atoms with Gasteiger partial charge in [-0.3, -0.25) is 4.79 Å². The Kier molecular flexibility index (Phi) is 4.63. The van der Waals surface area contributed by atoms with Gasteiger partial charge in [-0.15, -0.1) is 0 Å². The summed E-state index contributed by atoms with van der Waals surface area (Å²) in [5, 5.41) is 2.58. The lowest BCUT2D eigenvalue weighted by Gasteiger charge is -2.17. The van der Waals surface area contributed by atoms with Crippen LogP contribution in [-0.4, -0.2) is 22.7 Å². The molecule has 0 aromatic heterocycles. The predicted molar refractivity (Wildman–Crippen MR) is 109 cm³/mol. The molecular weight excluding hydrogens is 431 g/mol. The van der Waals surface area contributed by atoms with Gasteiger partial charge in [-0.05, 0) is 61.0 Å². The van der Waals surface area contributed by atoms with E-state index in [4.69, 9.17) is 0 Å². The van der Waals surface area contributed by atoms with Crippen molar-refractivity contribution in [1.29, 1.82) is 0 Å². The Hall–Kier alpha value is -3.24. The monoisotopic (exact) mass is 446 g/mol. The minimum atomic E-state index is -4.32. The molecule has 3 aromatic rings. The highest BCUT2D eigenvalue weighted by molar-refractivity contribution is 8.12. The van der Waals surface area contributed by atoms with Crippen molar-refractivity contribution in [3.8, 4) is 0 Å². The summed E-state index contributed by atoms with van der Waals surface area (Å²) in [7, 11) is -8.65. The molecule has 0 saturated carbocycles. The zero-order chi connectivity index (χ0) is 21.7. The number of fused-ring (bicyclic) bond motifs is 1. The van der Waals surface area contributed by atoms with Crippen molar-refractivity contribution in [2.45, 2.75) is 16.7 Å². The second-order valence-corrected chi connectivity index (χ2v) is 10.4. The van der Waals surface area contributed by atoms with Crippen LogP contribution in [0.4, 0.5) is 15.8 Å². The molecule has 1 heterocycles. The van der Waals surface area contributed by atoms with E-state index < -0.39 is 31.8 Å². The lowest BCUT2D eigenvalue weighted by Crippen LogP contribution is -2.30. The first kappa shape index (κ1) is 20.0. The van der Waals surface area contributed by atoms with Crippen LogP contribution in [0.5, 0.6) is 0 Å². The molecule has 1 aliphatic heterocycles. The van der Waals surface area contributed by atoms with Crippen molar-refractivity contribution in [2.24, 2.45) is 0 Å². The Morgan fingerprint density at radius 2 is 1.50 bits per heavy atom. The number of halogens is 1. The highest BCUT2D eigenvalue weighted by Crippen LogP contribution is 2.40. The fraction of sp³-hybridized carbons (Fsp3) is 0.0500. The van der Waals surface area contributed by atoms with Gasteiger partial charge in [0.05, 0.1) is 5.69 Å². The smallest absolute Gasteiger partial charge is 0.279 e. The number of sulfonamides is 2. The number of anilines is 2. The number of hydrogen-bond acceptors (Lipinski definition) is 5. The topological polar surface area (TPSA) is 101 Å². The summed E-state index contributed by atoms with van der Waals surface area (Å²) in [5.41, 5.74) is 0.696. The van der Waals surface area contributed by atoms with E-state index in [2.05, 4.69) is 5.32 Å². The van der Waals surface area contributed by atoms with E-state index in [1.165, 1.54) is 60.7 Å². The molecule has 0 saturated heterocycles. The quantitative estimate of drug-likeness (QED) is 0.665. The van der Waals surface area contributed by atoms with Crippen LogP contribution in [0.25, 0.3) is 0 Å². The third-order valence-electron chi connectivity index (χ3n) is 4.59. The van der Waals surface area contributed by atoms with Crippen LogP contribution in [0, 0.1) is 12.7 Å². The number of hydrogen-bond donors (Lipinski definition) is 1. The van der Waals surface area contributed by atoms with Gasteiger partial charge >= 0.3 is 0 Å². The number of rotatable bonds is 3. The molecule has 0 fully saturated rings. The molecule has 0 aliphatic carbocycles. The average molecular weight is 446 g/mol. The van der Waals surface area contributed by atoms with Crippen LogP contribution in [0.2, 0.25) is 0 Å². The lowest BCUT2D eigenvalue weighted by molar-refractivity contribution is 0.102. The zero-order valence-corrected chi connectivity index (χ0v) is 17.2. The van der Waals surface area contributed by atoms with Crippen molar-refractivity contribution in [2.75, 3.05) is 9.03 Å². The maximum atomic E-state index is 13.3. The van der Waals surface area contributed by atoms with Crippen LogP contribution >= 0.6 is 0 Å². The molecule has 154 valence electrons. The van der Waals surface area contributed by atoms with Crippen molar-refractivity contribution >= 4 is 37.3 Å². The molecule has 0 spiro atoms. The molecule has 30 heavy (non-hydrogen) atoms. The normalized spacial score (nSPS) is 16.1. The number of carbonyl (C=O) groups excluding carboxylic acids is 1. The van der Waals surface area contributed by atoms with Gasteiger partial charge in [0.2, 0.25) is 0 Å². The summed E-state index contributed by atoms with van der Waals surface area (Å²) in [5.74, 6) is -1.02. The second-order valence-electron chi connectivity index (χ2n) is 6.62. The van der Waals surface area contributed by atoms with Gasteiger partial charge in [0.25, 0.3) is 26.0 Å². The highest BCUT2D eigenvalue weighted by Gasteiger charge is 2.47. The molecule has 0 unspecified atom stereocenters. The summed E-state index contributed by atoms with van der Waals surface area (Å²) in [6.07, 6.45) is 0. The average Bonchev–Trinajstić information content (AvgIpc) is 2.84. The number of amides is 1. The van der Waals surface area contributed by atoms with Crippen molar-refractivity contribution in [1.82, 2.24) is 0 Å². The van der Waals surface area contributed by atoms with Crippen LogP contribution in [-0.2, 0) is 20.0 Å². The van der Waals surface area contributed by atoms with E-state index >= 15 is 0 Å². The van der Waals surface area contributed by atoms with Crippen LogP contribution < -0.4 is 9.03 Å². The molecule has 7 nitrogen and oxygen atoms in total. The molecule has 4 rings (SSSR count). The SMILES string of the molecule is Cc1cc(F)ccc1C(=O)Nc1cccc(N2S(=O)(=O)c3ccccc3S2(=O)=O)c1. The van der Waals surface area contributed by atoms with Crippen molar-refractivity contribution in [3.05, 3.63) is 83.7 Å². The summed E-state index contributed by atoms with van der Waals surface area (Å²) in [6, 6.07) is 14.5. The number of nitrogens with one attached hydrogen (secondary N) is 1. The van der Waals surface area contributed by atoms with E-state index in [1.54, 1.807) is 6.92 Å². The van der Waals surface area contributed by atoms with Crippen molar-refractivity contribution < 1.29 is 26.0 Å². The summed E-state index contributed by atoms with van der Waals surface area (Å²) >= 11 is 0. The van der Waals surface area contributed by atoms with Gasteiger partial charge in [0.15, 0.2) is 0 Å². The molecule has 0 radical (unpaired) electrons. The molecule has 0 atom stereocenters. The number of nitrogens with zero attached hydrogens (tertiary/aromatic N) is 1. The number of carbonyl (C=O) groups is 1. The molecule has 1 aliphatic rings. The maximum Gasteiger partial charge on any atom is 0.279 e. The second kappa shape index (κ2) is 6.92. The summed E-state index contributed by atoms with van der Waals surface area (Å²) in [4.78, 5) is 11.9. The Morgan fingerprint density at radius 1 is 0.867 bits per heavy atom. The van der Waals surface area contributed by atoms with Gasteiger partial charge in [0.1, 0.15) is 15.6 Å². The van der Waals surface area contributed by atoms with Crippen molar-refractivity contribution in [3.63, 3.8) is 0 Å². The summed E-state index contributed by atoms with van der Waals surface area (Å²) < 4.78 is 65.0. The third kappa shape index (κ3) is 3.14. The summed E-state index contributed by atoms with van der Waals surface area (Å²) in [6.45, 7) is 1.58. The molecule has 3 aromatic carbocycles. The maximum absolute atomic E-state index is 13.3. The van der Waals surface area contributed by atoms with E-state index in [1.807, 2.05) is 0 Å². The van der Waals surface area contributed by atoms with Crippen LogP contribution in [0.1, 0.15) is 15.9 Å². The number of benzene rings is 3. The van der Waals surface area contributed by atoms with Gasteiger partial charge in [-0.1, -0.05) is 18.2 Å². The Bertz CT molecular complexity index is 1350. The first-order valence-corrected chi connectivity index (χ1v) is 11.6. The largest absolute Gasteiger partial charge is 0.322 e. The standard InChI is InChI=1S/C20H15FN2O5S2/c1-13-11-14(21)9-10-17(13)20(24)22-15-5-4-6-16(12-15)23-29(25,26)18-7-2-3-8-19(18)30(23,27)28/h2-12H,1H3,(H,22,24). The van der Waals surface area contributed by atoms with Gasteiger partial charge in [-0.25, -0.2) is 4.39 Å². The molecule has 10 heteroatoms. The Morgan fingerprint density at radius 3 is 2.10 bits per heavy atom. The molecule has 1 amide bonds. The fourth-order valence-corrected chi connectivity index (χ4v) is 7.67. The fourth-order valence-electron chi connectivity index (χ4n) is 3.24. The van der Waals surface area contributed by atoms with E-state index in [-0.39, 0.29) is 26.7 Å². The highest BCUT2D eigenvalue weighted by atomic mass is 32.3. The Labute approximate surface area is 172 Å². The van der Waals surface area contributed by atoms with Crippen LogP contribution in [0.15, 0.2) is 76.5 Å². The van der Waals surface area contributed by atoms with Gasteiger partial charge in [0, 0.05) is 11.3 Å². The van der Waals surface area contributed by atoms with Crippen LogP contribution in [0.3, 0.4) is 0 Å². The molecule has 0 bridgehead atoms. The zero-order valence-electron chi connectivity index (χ0n) is 15.5.